The van der Waals surface area contributed by atoms with Crippen LogP contribution in [0.2, 0.25) is 0 Å². The highest BCUT2D eigenvalue weighted by atomic mass is 19.1. The van der Waals surface area contributed by atoms with E-state index in [9.17, 15) is 24.1 Å². The van der Waals surface area contributed by atoms with Crippen molar-refractivity contribution < 1.29 is 23.6 Å². The lowest BCUT2D eigenvalue weighted by molar-refractivity contribution is -0.385. The summed E-state index contributed by atoms with van der Waals surface area (Å²) in [6.07, 6.45) is 0.966. The average Bonchev–Trinajstić information content (AvgIpc) is 2.65. The van der Waals surface area contributed by atoms with E-state index < -0.39 is 34.0 Å². The summed E-state index contributed by atoms with van der Waals surface area (Å²) in [6, 6.07) is 7.69. The second-order valence-electron chi connectivity index (χ2n) is 7.95. The number of amides is 2. The lowest BCUT2D eigenvalue weighted by Gasteiger charge is -2.32. The van der Waals surface area contributed by atoms with E-state index in [1.807, 2.05) is 0 Å². The first-order valence-corrected chi connectivity index (χ1v) is 9.44. The molecule has 1 N–H and O–H groups in total. The second-order valence-corrected chi connectivity index (χ2v) is 7.95. The van der Waals surface area contributed by atoms with Gasteiger partial charge in [0.25, 0.3) is 11.6 Å². The van der Waals surface area contributed by atoms with Crippen molar-refractivity contribution in [3.8, 4) is 0 Å². The standard InChI is InChI=1S/C21H22FN3O5/c1-21(2,3)30-20(27)24-10-4-5-13-11-15(7-9-17(13)24)23-19(26)16-12-14(22)6-8-18(16)25(28)29/h6-9,11-12H,4-5,10H2,1-3H3,(H,23,26). The third kappa shape index (κ3) is 4.73. The quantitative estimate of drug-likeness (QED) is 0.580. The van der Waals surface area contributed by atoms with Gasteiger partial charge in [-0.15, -0.1) is 0 Å². The summed E-state index contributed by atoms with van der Waals surface area (Å²) in [4.78, 5) is 37.0. The number of halogens is 1. The van der Waals surface area contributed by atoms with Gasteiger partial charge in [-0.2, -0.15) is 0 Å². The van der Waals surface area contributed by atoms with Crippen LogP contribution in [-0.4, -0.2) is 29.1 Å². The molecule has 1 heterocycles. The third-order valence-corrected chi connectivity index (χ3v) is 4.47. The summed E-state index contributed by atoms with van der Waals surface area (Å²) in [6.45, 7) is 5.89. The lowest BCUT2D eigenvalue weighted by atomic mass is 10.0. The Morgan fingerprint density at radius 3 is 2.60 bits per heavy atom. The summed E-state index contributed by atoms with van der Waals surface area (Å²) in [5.41, 5.74) is 0.436. The van der Waals surface area contributed by atoms with Crippen LogP contribution in [0, 0.1) is 15.9 Å². The number of carbonyl (C=O) groups excluding carboxylic acids is 2. The predicted molar refractivity (Wildman–Crippen MR) is 109 cm³/mol. The number of ether oxygens (including phenoxy) is 1. The molecule has 2 aromatic rings. The highest BCUT2D eigenvalue weighted by Gasteiger charge is 2.28. The Hall–Kier alpha value is -3.49. The maximum Gasteiger partial charge on any atom is 0.414 e. The molecule has 0 fully saturated rings. The largest absolute Gasteiger partial charge is 0.443 e. The van der Waals surface area contributed by atoms with Crippen molar-refractivity contribution in [3.05, 3.63) is 63.5 Å². The Kier molecular flexibility index (Phi) is 5.73. The van der Waals surface area contributed by atoms with Crippen LogP contribution in [0.1, 0.15) is 43.1 Å². The normalized spacial score (nSPS) is 13.4. The first kappa shape index (κ1) is 21.2. The number of anilines is 2. The number of aryl methyl sites for hydroxylation is 1. The minimum absolute atomic E-state index is 0.367. The minimum atomic E-state index is -0.791. The van der Waals surface area contributed by atoms with E-state index in [0.29, 0.717) is 24.3 Å². The van der Waals surface area contributed by atoms with Crippen LogP contribution in [-0.2, 0) is 11.2 Å². The molecule has 0 radical (unpaired) electrons. The van der Waals surface area contributed by atoms with E-state index in [1.54, 1.807) is 43.9 Å². The summed E-state index contributed by atoms with van der Waals surface area (Å²) in [5, 5.41) is 13.7. The number of nitrogens with zero attached hydrogens (tertiary/aromatic N) is 2. The van der Waals surface area contributed by atoms with Crippen LogP contribution in [0.15, 0.2) is 36.4 Å². The molecule has 0 atom stereocenters. The number of nitro groups is 1. The number of rotatable bonds is 3. The number of benzene rings is 2. The number of nitrogens with one attached hydrogen (secondary N) is 1. The molecule has 0 aliphatic carbocycles. The van der Waals surface area contributed by atoms with E-state index in [2.05, 4.69) is 5.32 Å². The van der Waals surface area contributed by atoms with Crippen molar-refractivity contribution in [1.82, 2.24) is 0 Å². The molecule has 2 aromatic carbocycles. The molecule has 9 heteroatoms. The maximum absolute atomic E-state index is 13.5. The molecule has 0 saturated carbocycles. The summed E-state index contributed by atoms with van der Waals surface area (Å²) in [5.74, 6) is -1.54. The van der Waals surface area contributed by atoms with Crippen molar-refractivity contribution in [2.24, 2.45) is 0 Å². The van der Waals surface area contributed by atoms with E-state index in [-0.39, 0.29) is 5.56 Å². The first-order valence-electron chi connectivity index (χ1n) is 9.44. The van der Waals surface area contributed by atoms with Crippen LogP contribution >= 0.6 is 0 Å². The summed E-state index contributed by atoms with van der Waals surface area (Å²) >= 11 is 0. The van der Waals surface area contributed by atoms with Gasteiger partial charge < -0.3 is 10.1 Å². The highest BCUT2D eigenvalue weighted by molar-refractivity contribution is 6.07. The number of hydrogen-bond acceptors (Lipinski definition) is 5. The SMILES string of the molecule is CC(C)(C)OC(=O)N1CCCc2cc(NC(=O)c3cc(F)ccc3[N+](=O)[O-])ccc21. The Bertz CT molecular complexity index is 1020. The predicted octanol–water partition coefficient (Wildman–Crippen LogP) is 4.67. The molecule has 1 aliphatic rings. The van der Waals surface area contributed by atoms with Gasteiger partial charge in [-0.25, -0.2) is 9.18 Å². The molecular formula is C21H22FN3O5. The van der Waals surface area contributed by atoms with Crippen molar-refractivity contribution in [3.63, 3.8) is 0 Å². The zero-order valence-corrected chi connectivity index (χ0v) is 16.9. The molecule has 1 aliphatic heterocycles. The number of fused-ring (bicyclic) bond motifs is 1. The monoisotopic (exact) mass is 415 g/mol. The molecule has 0 aromatic heterocycles. The van der Waals surface area contributed by atoms with Gasteiger partial charge in [-0.3, -0.25) is 19.8 Å². The van der Waals surface area contributed by atoms with Gasteiger partial charge in [-0.1, -0.05) is 0 Å². The molecule has 8 nitrogen and oxygen atoms in total. The van der Waals surface area contributed by atoms with Gasteiger partial charge in [0.05, 0.1) is 10.6 Å². The van der Waals surface area contributed by atoms with Gasteiger partial charge in [-0.05, 0) is 69.5 Å². The Morgan fingerprint density at radius 1 is 1.20 bits per heavy atom. The van der Waals surface area contributed by atoms with Crippen LogP contribution in [0.3, 0.4) is 0 Å². The van der Waals surface area contributed by atoms with E-state index in [1.165, 1.54) is 0 Å². The van der Waals surface area contributed by atoms with Crippen molar-refractivity contribution >= 4 is 29.1 Å². The maximum atomic E-state index is 13.5. The zero-order valence-electron chi connectivity index (χ0n) is 16.9. The van der Waals surface area contributed by atoms with Crippen LogP contribution in [0.5, 0.6) is 0 Å². The second kappa shape index (κ2) is 8.10. The van der Waals surface area contributed by atoms with Gasteiger partial charge in [0.15, 0.2) is 0 Å². The zero-order chi connectivity index (χ0) is 22.1. The topological polar surface area (TPSA) is 102 Å². The molecule has 0 saturated heterocycles. The Morgan fingerprint density at radius 2 is 1.93 bits per heavy atom. The molecule has 30 heavy (non-hydrogen) atoms. The highest BCUT2D eigenvalue weighted by Crippen LogP contribution is 2.31. The fraction of sp³-hybridized carbons (Fsp3) is 0.333. The van der Waals surface area contributed by atoms with Gasteiger partial charge in [0, 0.05) is 18.3 Å². The Labute approximate surface area is 172 Å². The first-order chi connectivity index (χ1) is 14.0. The molecular weight excluding hydrogens is 393 g/mol. The summed E-state index contributed by atoms with van der Waals surface area (Å²) in [7, 11) is 0. The molecule has 0 spiro atoms. The van der Waals surface area contributed by atoms with Crippen molar-refractivity contribution in [2.45, 2.75) is 39.2 Å². The smallest absolute Gasteiger partial charge is 0.414 e. The number of carbonyl (C=O) groups is 2. The van der Waals surface area contributed by atoms with E-state index in [0.717, 1.165) is 30.2 Å². The average molecular weight is 415 g/mol. The van der Waals surface area contributed by atoms with Crippen molar-refractivity contribution in [1.29, 1.82) is 0 Å². The van der Waals surface area contributed by atoms with Gasteiger partial charge in [0.1, 0.15) is 17.0 Å². The van der Waals surface area contributed by atoms with E-state index >= 15 is 0 Å². The molecule has 0 unspecified atom stereocenters. The van der Waals surface area contributed by atoms with E-state index in [4.69, 9.17) is 4.74 Å². The van der Waals surface area contributed by atoms with Gasteiger partial charge in [0.2, 0.25) is 0 Å². The van der Waals surface area contributed by atoms with Crippen LogP contribution in [0.25, 0.3) is 0 Å². The molecule has 3 rings (SSSR count). The van der Waals surface area contributed by atoms with Crippen LogP contribution < -0.4 is 10.2 Å². The fourth-order valence-electron chi connectivity index (χ4n) is 3.23. The lowest BCUT2D eigenvalue weighted by Crippen LogP contribution is -2.39. The Balaban J connectivity index is 1.84. The number of hydrogen-bond donors (Lipinski definition) is 1. The molecule has 158 valence electrons. The summed E-state index contributed by atoms with van der Waals surface area (Å²) < 4.78 is 19.0. The minimum Gasteiger partial charge on any atom is -0.443 e. The van der Waals surface area contributed by atoms with Gasteiger partial charge >= 0.3 is 6.09 Å². The fourth-order valence-corrected chi connectivity index (χ4v) is 3.23. The molecule has 0 bridgehead atoms. The van der Waals surface area contributed by atoms with Crippen LogP contribution in [0.4, 0.5) is 26.2 Å². The molecule has 2 amide bonds. The third-order valence-electron chi connectivity index (χ3n) is 4.47. The number of nitro benzene ring substituents is 1. The van der Waals surface area contributed by atoms with Crippen molar-refractivity contribution in [2.75, 3.05) is 16.8 Å².